The molecule has 0 spiro atoms. The van der Waals surface area contributed by atoms with Crippen molar-refractivity contribution >= 4 is 51.9 Å². The van der Waals surface area contributed by atoms with Crippen LogP contribution in [0.25, 0.3) is 0 Å². The van der Waals surface area contributed by atoms with Crippen molar-refractivity contribution in [1.29, 1.82) is 0 Å². The molecule has 0 saturated heterocycles. The van der Waals surface area contributed by atoms with E-state index in [1.807, 2.05) is 0 Å². The zero-order valence-corrected chi connectivity index (χ0v) is 16.9. The van der Waals surface area contributed by atoms with Crippen molar-refractivity contribution in [2.24, 2.45) is 0 Å². The molecule has 0 aliphatic heterocycles. The standard InChI is InChI=1S/Ge3H9P/c1-4(2)3/h1-3H3. The van der Waals surface area contributed by atoms with E-state index in [1.165, 1.54) is 48.2 Å². The Labute approximate surface area is 51.7 Å². The van der Waals surface area contributed by atoms with Gasteiger partial charge in [-0.2, -0.15) is 0 Å². The number of hydrogen-bond donors (Lipinski definition) is 0. The van der Waals surface area contributed by atoms with Crippen LogP contribution < -0.4 is 0 Å². The summed E-state index contributed by atoms with van der Waals surface area (Å²) in [5, 5.41) is 0. The number of rotatable bonds is 0. The molecule has 0 aromatic carbocycles. The Morgan fingerprint density at radius 3 is 1.00 bits per heavy atom. The molecular weight excluding hydrogens is 249 g/mol. The second kappa shape index (κ2) is 3.26. The Kier molecular flexibility index (Phi) is 4.93. The summed E-state index contributed by atoms with van der Waals surface area (Å²) in [4.78, 5) is 0. The molecule has 0 aromatic heterocycles. The van der Waals surface area contributed by atoms with Crippen LogP contribution in [0.1, 0.15) is 0 Å². The number of hydrogen-bond acceptors (Lipinski definition) is 0. The predicted octanol–water partition coefficient (Wildman–Crippen LogP) is -2.69. The molecular formula is H9Ge3P. The van der Waals surface area contributed by atoms with E-state index in [-0.39, 0.29) is 0 Å². The molecule has 0 bridgehead atoms. The monoisotopic (exact) mass is 262 g/mol. The molecule has 0 fully saturated rings. The third kappa shape index (κ3) is 8.96. The zero-order valence-electron chi connectivity index (χ0n) is 3.45. The fourth-order valence-electron chi connectivity index (χ4n) is 0. The van der Waals surface area contributed by atoms with E-state index in [1.54, 1.807) is 0 Å². The molecule has 0 saturated carbocycles. The second-order valence-corrected chi connectivity index (χ2v) is 109. The summed E-state index contributed by atoms with van der Waals surface area (Å²) < 4.78 is 0.942. The molecule has 4 heteroatoms. The first-order valence-corrected chi connectivity index (χ1v) is 20.9. The van der Waals surface area contributed by atoms with Crippen LogP contribution in [0.4, 0.5) is 0 Å². The van der Waals surface area contributed by atoms with Crippen molar-refractivity contribution in [2.45, 2.75) is 0 Å². The van der Waals surface area contributed by atoms with Crippen LogP contribution in [0.5, 0.6) is 0 Å². The van der Waals surface area contributed by atoms with Crippen LogP contribution in [0, 0.1) is 0 Å². The molecule has 0 aliphatic rings. The molecule has 0 rings (SSSR count). The van der Waals surface area contributed by atoms with Gasteiger partial charge in [0.25, 0.3) is 0 Å². The molecule has 0 amide bonds. The molecule has 4 heavy (non-hydrogen) atoms. The van der Waals surface area contributed by atoms with E-state index in [9.17, 15) is 0 Å². The van der Waals surface area contributed by atoms with Gasteiger partial charge < -0.3 is 0 Å². The minimum absolute atomic E-state index is 0.942. The van der Waals surface area contributed by atoms with Crippen molar-refractivity contribution in [3.05, 3.63) is 0 Å². The third-order valence-electron chi connectivity index (χ3n) is 0. The SMILES string of the molecule is [GeH3][P]([GeH3])[GeH3]. The Bertz CT molecular complexity index is 8.00. The van der Waals surface area contributed by atoms with E-state index in [0.29, 0.717) is 0 Å². The average molecular weight is 258 g/mol. The Balaban J connectivity index is 2.32. The molecule has 0 N–H and O–H groups in total. The van der Waals surface area contributed by atoms with Crippen molar-refractivity contribution in [3.63, 3.8) is 0 Å². The van der Waals surface area contributed by atoms with Crippen LogP contribution in [0.15, 0.2) is 0 Å². The third-order valence-corrected chi connectivity index (χ3v) is 0. The maximum atomic E-state index is 1.29. The normalized spacial score (nSPS) is 18.0. The molecule has 0 atom stereocenters. The van der Waals surface area contributed by atoms with Gasteiger partial charge in [-0.25, -0.2) is 0 Å². The Morgan fingerprint density at radius 1 is 1.00 bits per heavy atom. The minimum atomic E-state index is 0.942. The van der Waals surface area contributed by atoms with E-state index < -0.39 is 0 Å². The first-order valence-electron chi connectivity index (χ1n) is 1.34. The average Bonchev–Trinajstić information content (AvgIpc) is 0.811. The topological polar surface area (TPSA) is 0 Å². The van der Waals surface area contributed by atoms with Crippen LogP contribution in [-0.2, 0) is 0 Å². The van der Waals surface area contributed by atoms with Crippen LogP contribution in [-0.4, -0.2) is 48.2 Å². The first kappa shape index (κ1) is 6.06. The fraction of sp³-hybridized carbons (Fsp3) is 0. The maximum absolute atomic E-state index is 1.29. The van der Waals surface area contributed by atoms with E-state index in [4.69, 9.17) is 0 Å². The summed E-state index contributed by atoms with van der Waals surface area (Å²) in [6.07, 6.45) is 0. The summed E-state index contributed by atoms with van der Waals surface area (Å²) in [6, 6.07) is 0. The van der Waals surface area contributed by atoms with E-state index >= 15 is 0 Å². The van der Waals surface area contributed by atoms with Crippen LogP contribution in [0.2, 0.25) is 0 Å². The van der Waals surface area contributed by atoms with Gasteiger partial charge in [-0.1, -0.05) is 0 Å². The molecule has 26 valence electrons. The Morgan fingerprint density at radius 2 is 1.00 bits per heavy atom. The van der Waals surface area contributed by atoms with Crippen molar-refractivity contribution in [1.82, 2.24) is 0 Å². The molecule has 0 heterocycles. The van der Waals surface area contributed by atoms with Gasteiger partial charge in [0, 0.05) is 0 Å². The molecule has 0 aromatic rings. The van der Waals surface area contributed by atoms with E-state index in [0.717, 1.165) is 3.76 Å². The van der Waals surface area contributed by atoms with Gasteiger partial charge in [0.1, 0.15) is 0 Å². The quantitative estimate of drug-likeness (QED) is 0.328. The summed E-state index contributed by atoms with van der Waals surface area (Å²) in [5.74, 6) is 0. The van der Waals surface area contributed by atoms with Gasteiger partial charge in [0.05, 0.1) is 0 Å². The van der Waals surface area contributed by atoms with E-state index in [2.05, 4.69) is 0 Å². The second-order valence-electron chi connectivity index (χ2n) is 1.34. The van der Waals surface area contributed by atoms with Gasteiger partial charge in [-0.3, -0.25) is 0 Å². The van der Waals surface area contributed by atoms with Crippen LogP contribution >= 0.6 is 3.76 Å². The van der Waals surface area contributed by atoms with Gasteiger partial charge >= 0.3 is 51.9 Å². The van der Waals surface area contributed by atoms with Crippen molar-refractivity contribution in [3.8, 4) is 0 Å². The zero-order chi connectivity index (χ0) is 3.58. The van der Waals surface area contributed by atoms with Gasteiger partial charge in [-0.15, -0.1) is 0 Å². The first-order chi connectivity index (χ1) is 1.73. The predicted molar refractivity (Wildman–Crippen MR) is 36.7 cm³/mol. The molecule has 0 nitrogen and oxygen atoms in total. The summed E-state index contributed by atoms with van der Waals surface area (Å²) in [6.45, 7) is 0. The summed E-state index contributed by atoms with van der Waals surface area (Å²) in [7, 11) is 0. The van der Waals surface area contributed by atoms with Gasteiger partial charge in [-0.05, 0) is 0 Å². The van der Waals surface area contributed by atoms with Crippen molar-refractivity contribution < 1.29 is 0 Å². The molecule has 0 aliphatic carbocycles. The van der Waals surface area contributed by atoms with Crippen molar-refractivity contribution in [2.75, 3.05) is 0 Å². The van der Waals surface area contributed by atoms with Gasteiger partial charge in [0.2, 0.25) is 0 Å². The fourth-order valence-corrected chi connectivity index (χ4v) is 0. The Hall–Kier alpha value is 2.06. The van der Waals surface area contributed by atoms with Crippen LogP contribution in [0.3, 0.4) is 0 Å². The molecule has 0 unspecified atom stereocenters. The van der Waals surface area contributed by atoms with Gasteiger partial charge in [0.15, 0.2) is 0 Å². The summed E-state index contributed by atoms with van der Waals surface area (Å²) in [5.41, 5.74) is 0. The molecule has 0 radical (unpaired) electrons. The summed E-state index contributed by atoms with van der Waals surface area (Å²) >= 11 is 3.88.